The summed E-state index contributed by atoms with van der Waals surface area (Å²) in [7, 11) is 0. The van der Waals surface area contributed by atoms with Gasteiger partial charge in [-0.2, -0.15) is 0 Å². The van der Waals surface area contributed by atoms with E-state index in [1.807, 2.05) is 6.92 Å². The third-order valence-electron chi connectivity index (χ3n) is 4.27. The van der Waals surface area contributed by atoms with Crippen molar-refractivity contribution in [1.82, 2.24) is 9.80 Å². The molecule has 2 rings (SSSR count). The Bertz CT molecular complexity index is 353. The van der Waals surface area contributed by atoms with Crippen LogP contribution >= 0.6 is 0 Å². The van der Waals surface area contributed by atoms with Crippen LogP contribution in [0.1, 0.15) is 19.8 Å². The van der Waals surface area contributed by atoms with Crippen molar-refractivity contribution in [2.45, 2.75) is 25.8 Å². The first kappa shape index (κ1) is 14.3. The summed E-state index contributed by atoms with van der Waals surface area (Å²) in [6, 6.07) is 0.259. The van der Waals surface area contributed by atoms with E-state index in [-0.39, 0.29) is 17.9 Å². The largest absolute Gasteiger partial charge is 0.481 e. The van der Waals surface area contributed by atoms with Gasteiger partial charge in [0.15, 0.2) is 0 Å². The highest BCUT2D eigenvalue weighted by atomic mass is 16.4. The number of amides is 1. The molecule has 0 aromatic heterocycles. The van der Waals surface area contributed by atoms with E-state index in [1.54, 1.807) is 4.90 Å². The van der Waals surface area contributed by atoms with Crippen molar-refractivity contribution in [2.75, 3.05) is 32.7 Å². The zero-order valence-corrected chi connectivity index (χ0v) is 11.4. The molecule has 19 heavy (non-hydrogen) atoms. The fourth-order valence-corrected chi connectivity index (χ4v) is 2.89. The fraction of sp³-hybridized carbons (Fsp3) is 0.846. The molecule has 0 aliphatic carbocycles. The van der Waals surface area contributed by atoms with Crippen molar-refractivity contribution in [3.8, 4) is 0 Å². The molecule has 2 saturated heterocycles. The predicted octanol–water partition coefficient (Wildman–Crippen LogP) is -0.411. The van der Waals surface area contributed by atoms with Gasteiger partial charge in [-0.05, 0) is 18.8 Å². The number of carbonyl (C=O) groups is 2. The number of nitrogens with two attached hydrogens (primary N) is 1. The molecule has 0 radical (unpaired) electrons. The van der Waals surface area contributed by atoms with Crippen molar-refractivity contribution in [3.63, 3.8) is 0 Å². The lowest BCUT2D eigenvalue weighted by Crippen LogP contribution is -2.45. The summed E-state index contributed by atoms with van der Waals surface area (Å²) < 4.78 is 0. The standard InChI is InChI=1S/C13H23N3O3/c1-9-6-16(7-11(9)13(18)19)12(17)8-15-4-2-10(14)3-5-15/h9-11H,2-8,14H2,1H3,(H,18,19). The van der Waals surface area contributed by atoms with E-state index < -0.39 is 11.9 Å². The maximum absolute atomic E-state index is 12.2. The molecule has 108 valence electrons. The van der Waals surface area contributed by atoms with Crippen LogP contribution in [0, 0.1) is 11.8 Å². The monoisotopic (exact) mass is 269 g/mol. The van der Waals surface area contributed by atoms with Crippen LogP contribution in [0.3, 0.4) is 0 Å². The first-order chi connectivity index (χ1) is 8.97. The molecule has 0 spiro atoms. The third kappa shape index (κ3) is 3.45. The minimum atomic E-state index is -0.799. The molecule has 0 aromatic rings. The zero-order valence-electron chi connectivity index (χ0n) is 11.4. The van der Waals surface area contributed by atoms with Gasteiger partial charge in [0.1, 0.15) is 0 Å². The molecule has 3 N–H and O–H groups in total. The van der Waals surface area contributed by atoms with Gasteiger partial charge in [0.05, 0.1) is 12.5 Å². The molecule has 0 saturated carbocycles. The zero-order chi connectivity index (χ0) is 14.0. The second-order valence-electron chi connectivity index (χ2n) is 5.83. The number of nitrogens with zero attached hydrogens (tertiary/aromatic N) is 2. The van der Waals surface area contributed by atoms with Crippen LogP contribution < -0.4 is 5.73 Å². The van der Waals surface area contributed by atoms with Crippen LogP contribution in [0.25, 0.3) is 0 Å². The van der Waals surface area contributed by atoms with Gasteiger partial charge in [0.25, 0.3) is 0 Å². The van der Waals surface area contributed by atoms with Gasteiger partial charge in [-0.3, -0.25) is 14.5 Å². The second kappa shape index (κ2) is 5.88. The number of piperidine rings is 1. The molecule has 0 bridgehead atoms. The smallest absolute Gasteiger partial charge is 0.308 e. The van der Waals surface area contributed by atoms with Gasteiger partial charge in [-0.1, -0.05) is 6.92 Å². The summed E-state index contributed by atoms with van der Waals surface area (Å²) in [6.07, 6.45) is 1.86. The molecule has 2 atom stereocenters. The molecule has 2 unspecified atom stereocenters. The summed E-state index contributed by atoms with van der Waals surface area (Å²) >= 11 is 0. The van der Waals surface area contributed by atoms with Crippen LogP contribution in [0.4, 0.5) is 0 Å². The third-order valence-corrected chi connectivity index (χ3v) is 4.27. The first-order valence-corrected chi connectivity index (χ1v) is 6.96. The molecule has 0 aromatic carbocycles. The number of carbonyl (C=O) groups excluding carboxylic acids is 1. The number of aliphatic carboxylic acids is 1. The van der Waals surface area contributed by atoms with E-state index in [9.17, 15) is 9.59 Å². The van der Waals surface area contributed by atoms with E-state index in [4.69, 9.17) is 10.8 Å². The molecule has 6 heteroatoms. The van der Waals surface area contributed by atoms with Gasteiger partial charge < -0.3 is 15.7 Å². The molecule has 2 aliphatic heterocycles. The molecule has 2 heterocycles. The maximum atomic E-state index is 12.2. The van der Waals surface area contributed by atoms with Crippen LogP contribution in [0.2, 0.25) is 0 Å². The van der Waals surface area contributed by atoms with E-state index in [0.29, 0.717) is 19.6 Å². The highest BCUT2D eigenvalue weighted by Crippen LogP contribution is 2.23. The Morgan fingerprint density at radius 1 is 1.26 bits per heavy atom. The molecule has 2 aliphatic rings. The van der Waals surface area contributed by atoms with Crippen molar-refractivity contribution < 1.29 is 14.7 Å². The van der Waals surface area contributed by atoms with Crippen molar-refractivity contribution in [3.05, 3.63) is 0 Å². The quantitative estimate of drug-likeness (QED) is 0.727. The van der Waals surface area contributed by atoms with E-state index in [0.717, 1.165) is 25.9 Å². The Kier molecular flexibility index (Phi) is 4.42. The molecule has 6 nitrogen and oxygen atoms in total. The summed E-state index contributed by atoms with van der Waals surface area (Å²) in [4.78, 5) is 27.0. The highest BCUT2D eigenvalue weighted by molar-refractivity contribution is 5.80. The number of likely N-dealkylation sites (tertiary alicyclic amines) is 2. The topological polar surface area (TPSA) is 86.9 Å². The lowest BCUT2D eigenvalue weighted by atomic mass is 9.99. The van der Waals surface area contributed by atoms with E-state index >= 15 is 0 Å². The minimum absolute atomic E-state index is 0.0382. The normalized spacial score (nSPS) is 29.7. The van der Waals surface area contributed by atoms with Crippen LogP contribution in [-0.2, 0) is 9.59 Å². The SMILES string of the molecule is CC1CN(C(=O)CN2CCC(N)CC2)CC1C(=O)O. The van der Waals surface area contributed by atoms with Gasteiger partial charge >= 0.3 is 5.97 Å². The number of hydrogen-bond acceptors (Lipinski definition) is 4. The summed E-state index contributed by atoms with van der Waals surface area (Å²) in [5, 5.41) is 9.07. The highest BCUT2D eigenvalue weighted by Gasteiger charge is 2.37. The Morgan fingerprint density at radius 3 is 2.42 bits per heavy atom. The van der Waals surface area contributed by atoms with Crippen molar-refractivity contribution in [1.29, 1.82) is 0 Å². The maximum Gasteiger partial charge on any atom is 0.308 e. The van der Waals surface area contributed by atoms with Gasteiger partial charge in [-0.15, -0.1) is 0 Å². The summed E-state index contributed by atoms with van der Waals surface area (Å²) in [6.45, 7) is 4.92. The predicted molar refractivity (Wildman–Crippen MR) is 70.5 cm³/mol. The molecule has 1 amide bonds. The Balaban J connectivity index is 1.82. The van der Waals surface area contributed by atoms with Crippen LogP contribution in [0.15, 0.2) is 0 Å². The number of hydrogen-bond donors (Lipinski definition) is 2. The van der Waals surface area contributed by atoms with Crippen molar-refractivity contribution in [2.24, 2.45) is 17.6 Å². The first-order valence-electron chi connectivity index (χ1n) is 6.96. The average Bonchev–Trinajstić information content (AvgIpc) is 2.74. The number of carboxylic acids is 1. The minimum Gasteiger partial charge on any atom is -0.481 e. The Labute approximate surface area is 113 Å². The molecular weight excluding hydrogens is 246 g/mol. The summed E-state index contributed by atoms with van der Waals surface area (Å²) in [5.41, 5.74) is 5.83. The van der Waals surface area contributed by atoms with E-state index in [2.05, 4.69) is 4.90 Å². The number of carboxylic acid groups (broad SMARTS) is 1. The van der Waals surface area contributed by atoms with Gasteiger partial charge in [0, 0.05) is 32.2 Å². The lowest BCUT2D eigenvalue weighted by molar-refractivity contribution is -0.142. The van der Waals surface area contributed by atoms with Gasteiger partial charge in [-0.25, -0.2) is 0 Å². The van der Waals surface area contributed by atoms with Gasteiger partial charge in [0.2, 0.25) is 5.91 Å². The lowest BCUT2D eigenvalue weighted by Gasteiger charge is -2.30. The summed E-state index contributed by atoms with van der Waals surface area (Å²) in [5.74, 6) is -1.13. The van der Waals surface area contributed by atoms with Crippen molar-refractivity contribution >= 4 is 11.9 Å². The van der Waals surface area contributed by atoms with Crippen LogP contribution in [-0.4, -0.2) is 65.5 Å². The second-order valence-corrected chi connectivity index (χ2v) is 5.83. The Morgan fingerprint density at radius 2 is 1.89 bits per heavy atom. The number of rotatable bonds is 3. The fourth-order valence-electron chi connectivity index (χ4n) is 2.89. The van der Waals surface area contributed by atoms with Crippen LogP contribution in [0.5, 0.6) is 0 Å². The van der Waals surface area contributed by atoms with E-state index in [1.165, 1.54) is 0 Å². The Hall–Kier alpha value is -1.14. The molecule has 2 fully saturated rings. The average molecular weight is 269 g/mol. The molecular formula is C13H23N3O3.